The zero-order valence-electron chi connectivity index (χ0n) is 4.20. The van der Waals surface area contributed by atoms with E-state index in [1.54, 1.807) is 0 Å². The summed E-state index contributed by atoms with van der Waals surface area (Å²) in [5, 5.41) is 0. The molecule has 0 aromatic carbocycles. The second-order valence-corrected chi connectivity index (χ2v) is 1.28. The third kappa shape index (κ3) is 688. The molecule has 0 aromatic rings. The zero-order chi connectivity index (χ0) is 6.50. The molecule has 0 aliphatic carbocycles. The van der Waals surface area contributed by atoms with Crippen LogP contribution >= 0.6 is 0 Å². The number of carbonyl (C=O) groups excluding carboxylic acids is 1. The minimum atomic E-state index is -4.92. The van der Waals surface area contributed by atoms with E-state index < -0.39 is 10.4 Å². The van der Waals surface area contributed by atoms with Gasteiger partial charge >= 0.3 is 29.6 Å². The molecule has 1 N–H and O–H groups in total. The summed E-state index contributed by atoms with van der Waals surface area (Å²) in [4.78, 5) is 8.00. The van der Waals surface area contributed by atoms with Gasteiger partial charge in [-0.2, -0.15) is 0 Å². The molecule has 0 aliphatic rings. The summed E-state index contributed by atoms with van der Waals surface area (Å²) in [5.41, 5.74) is 0. The van der Waals surface area contributed by atoms with Gasteiger partial charge in [0.05, 0.1) is 0 Å². The van der Waals surface area contributed by atoms with Gasteiger partial charge in [0.1, 0.15) is 6.79 Å². The van der Waals surface area contributed by atoms with Crippen LogP contribution in [0.5, 0.6) is 0 Å². The fraction of sp³-hybridized carbons (Fsp3) is 0. The van der Waals surface area contributed by atoms with Crippen LogP contribution in [-0.4, -0.2) is 24.3 Å². The third-order valence-corrected chi connectivity index (χ3v) is 0. The summed E-state index contributed by atoms with van der Waals surface area (Å²) in [5.74, 6) is 0. The van der Waals surface area contributed by atoms with E-state index in [1.807, 2.05) is 6.79 Å². The predicted molar refractivity (Wildman–Crippen MR) is 19.4 cm³/mol. The van der Waals surface area contributed by atoms with Gasteiger partial charge in [0.15, 0.2) is 0 Å². The quantitative estimate of drug-likeness (QED) is 0.215. The number of hydrogen-bond donors (Lipinski definition) is 1. The molecule has 0 rings (SSSR count). The Morgan fingerprint density at radius 3 is 1.38 bits per heavy atom. The molecule has 0 bridgehead atoms. The molecular formula is CH3NaO5S. The smallest absolute Gasteiger partial charge is 0.726 e. The summed E-state index contributed by atoms with van der Waals surface area (Å²) in [6.45, 7) is 2.00. The van der Waals surface area contributed by atoms with Crippen LogP contribution in [0.3, 0.4) is 0 Å². The van der Waals surface area contributed by atoms with Crippen LogP contribution in [0, 0.1) is 0 Å². The first-order valence-corrected chi connectivity index (χ1v) is 2.34. The van der Waals surface area contributed by atoms with Crippen LogP contribution in [0.25, 0.3) is 0 Å². The predicted octanol–water partition coefficient (Wildman–Crippen LogP) is -4.18. The molecule has 0 aromatic heterocycles. The van der Waals surface area contributed by atoms with Gasteiger partial charge in [-0.15, -0.1) is 0 Å². The Balaban J connectivity index is -0.0000000750. The first kappa shape index (κ1) is 15.8. The third-order valence-electron chi connectivity index (χ3n) is 0. The summed E-state index contributed by atoms with van der Waals surface area (Å²) in [6.07, 6.45) is 0. The summed E-state index contributed by atoms with van der Waals surface area (Å²) in [6, 6.07) is 0. The van der Waals surface area contributed by atoms with Crippen molar-refractivity contribution in [3.05, 3.63) is 0 Å². The molecule has 8 heavy (non-hydrogen) atoms. The summed E-state index contributed by atoms with van der Waals surface area (Å²) >= 11 is 0. The largest absolute Gasteiger partial charge is 1.00 e. The van der Waals surface area contributed by atoms with Crippen molar-refractivity contribution in [2.75, 3.05) is 0 Å². The van der Waals surface area contributed by atoms with E-state index in [-0.39, 0.29) is 29.6 Å². The Labute approximate surface area is 69.0 Å². The van der Waals surface area contributed by atoms with E-state index in [0.717, 1.165) is 0 Å². The molecule has 44 valence electrons. The molecule has 0 radical (unpaired) electrons. The van der Waals surface area contributed by atoms with Crippen LogP contribution in [0.15, 0.2) is 0 Å². The molecule has 7 heteroatoms. The Morgan fingerprint density at radius 1 is 1.38 bits per heavy atom. The van der Waals surface area contributed by atoms with Gasteiger partial charge in [0.25, 0.3) is 0 Å². The van der Waals surface area contributed by atoms with Crippen LogP contribution in [0.2, 0.25) is 0 Å². The van der Waals surface area contributed by atoms with Crippen molar-refractivity contribution < 1.29 is 51.9 Å². The number of carbonyl (C=O) groups is 1. The van der Waals surface area contributed by atoms with Crippen molar-refractivity contribution in [2.45, 2.75) is 0 Å². The molecule has 0 amide bonds. The second kappa shape index (κ2) is 7.54. The molecule has 0 unspecified atom stereocenters. The standard InChI is InChI=1S/CH2O.Na.H2O4S/c1-2;;1-5(2,3)4/h1H2;;(H2,1,2,3,4)/q;+1;/p-1. The second-order valence-electron chi connectivity index (χ2n) is 0.428. The van der Waals surface area contributed by atoms with Gasteiger partial charge in [-0.1, -0.05) is 0 Å². The van der Waals surface area contributed by atoms with E-state index in [0.29, 0.717) is 0 Å². The normalized spacial score (nSPS) is 7.75. The van der Waals surface area contributed by atoms with Crippen molar-refractivity contribution in [1.82, 2.24) is 0 Å². The molecule has 0 spiro atoms. The van der Waals surface area contributed by atoms with Crippen LogP contribution < -0.4 is 29.6 Å². The molecule has 0 atom stereocenters. The SMILES string of the molecule is C=O.O=S(=O)([O-])O.[Na+]. The van der Waals surface area contributed by atoms with Crippen molar-refractivity contribution in [3.63, 3.8) is 0 Å². The minimum Gasteiger partial charge on any atom is -0.726 e. The molecule has 5 nitrogen and oxygen atoms in total. The maximum absolute atomic E-state index is 8.63. The van der Waals surface area contributed by atoms with E-state index in [9.17, 15) is 0 Å². The van der Waals surface area contributed by atoms with E-state index in [4.69, 9.17) is 22.3 Å². The van der Waals surface area contributed by atoms with Gasteiger partial charge in [-0.05, 0) is 0 Å². The van der Waals surface area contributed by atoms with Crippen molar-refractivity contribution >= 4 is 17.2 Å². The van der Waals surface area contributed by atoms with E-state index in [2.05, 4.69) is 0 Å². The molecule has 0 saturated heterocycles. The molecule has 0 heterocycles. The Bertz CT molecular complexity index is 106. The Hall–Kier alpha value is 0.540. The van der Waals surface area contributed by atoms with Gasteiger partial charge < -0.3 is 9.35 Å². The van der Waals surface area contributed by atoms with Crippen molar-refractivity contribution in [1.29, 1.82) is 0 Å². The average molecular weight is 150 g/mol. The van der Waals surface area contributed by atoms with Gasteiger partial charge in [0, 0.05) is 0 Å². The van der Waals surface area contributed by atoms with Gasteiger partial charge in [-0.3, -0.25) is 4.55 Å². The van der Waals surface area contributed by atoms with Crippen molar-refractivity contribution in [2.24, 2.45) is 0 Å². The van der Waals surface area contributed by atoms with E-state index >= 15 is 0 Å². The monoisotopic (exact) mass is 150 g/mol. The fourth-order valence-electron chi connectivity index (χ4n) is 0. The topological polar surface area (TPSA) is 94.5 Å². The average Bonchev–Trinajstić information content (AvgIpc) is 1.36. The van der Waals surface area contributed by atoms with Crippen LogP contribution in [-0.2, 0) is 15.2 Å². The first-order valence-electron chi connectivity index (χ1n) is 0.971. The van der Waals surface area contributed by atoms with Gasteiger partial charge in [-0.25, -0.2) is 8.42 Å². The number of rotatable bonds is 0. The van der Waals surface area contributed by atoms with Crippen molar-refractivity contribution in [3.8, 4) is 0 Å². The maximum atomic E-state index is 8.63. The molecular weight excluding hydrogens is 147 g/mol. The Morgan fingerprint density at radius 2 is 1.38 bits per heavy atom. The summed E-state index contributed by atoms with van der Waals surface area (Å²) < 4.78 is 32.8. The fourth-order valence-corrected chi connectivity index (χ4v) is 0. The zero-order valence-corrected chi connectivity index (χ0v) is 7.01. The molecule has 0 aliphatic heterocycles. The van der Waals surface area contributed by atoms with Gasteiger partial charge in [0.2, 0.25) is 10.4 Å². The number of hydrogen-bond acceptors (Lipinski definition) is 4. The molecule has 0 fully saturated rings. The van der Waals surface area contributed by atoms with Crippen LogP contribution in [0.1, 0.15) is 0 Å². The molecule has 0 saturated carbocycles. The first-order chi connectivity index (χ1) is 3.00. The maximum Gasteiger partial charge on any atom is 1.00 e. The Kier molecular flexibility index (Phi) is 14.9. The minimum absolute atomic E-state index is 0. The summed E-state index contributed by atoms with van der Waals surface area (Å²) in [7, 11) is -4.92. The van der Waals surface area contributed by atoms with E-state index in [1.165, 1.54) is 0 Å². The van der Waals surface area contributed by atoms with Crippen LogP contribution in [0.4, 0.5) is 0 Å².